The zero-order valence-corrected chi connectivity index (χ0v) is 16.6. The lowest BCUT2D eigenvalue weighted by Gasteiger charge is -2.26. The van der Waals surface area contributed by atoms with Gasteiger partial charge in [0.25, 0.3) is 5.91 Å². The maximum atomic E-state index is 13.5. The minimum atomic E-state index is -0.299. The summed E-state index contributed by atoms with van der Waals surface area (Å²) in [4.78, 5) is 15.0. The van der Waals surface area contributed by atoms with Crippen LogP contribution in [0, 0.1) is 5.82 Å². The standard InChI is InChI=1S/C24H22FN3O2/c25-19-7-9-20(10-8-19)28-23-18(16-17-4-2-1-3-5-17)6-11-21(23)22(26-28)24(29)27-12-14-30-15-13-27/h1-5,7-10,16H,6,11-15H2/b18-16-. The lowest BCUT2D eigenvalue weighted by Crippen LogP contribution is -2.41. The van der Waals surface area contributed by atoms with E-state index >= 15 is 0 Å². The van der Waals surface area contributed by atoms with Crippen LogP contribution in [0.2, 0.25) is 0 Å². The Morgan fingerprint density at radius 1 is 1.00 bits per heavy atom. The molecule has 0 radical (unpaired) electrons. The molecule has 1 amide bonds. The molecule has 1 aliphatic carbocycles. The molecule has 5 nitrogen and oxygen atoms in total. The summed E-state index contributed by atoms with van der Waals surface area (Å²) in [5, 5.41) is 4.72. The van der Waals surface area contributed by atoms with Crippen LogP contribution in [-0.2, 0) is 11.2 Å². The van der Waals surface area contributed by atoms with Crippen molar-refractivity contribution in [1.82, 2.24) is 14.7 Å². The molecule has 0 N–H and O–H groups in total. The number of carbonyl (C=O) groups excluding carboxylic acids is 1. The van der Waals surface area contributed by atoms with E-state index in [1.807, 2.05) is 18.2 Å². The predicted octanol–water partition coefficient (Wildman–Crippen LogP) is 3.97. The van der Waals surface area contributed by atoms with Gasteiger partial charge in [-0.15, -0.1) is 0 Å². The van der Waals surface area contributed by atoms with E-state index in [1.54, 1.807) is 21.7 Å². The lowest BCUT2D eigenvalue weighted by atomic mass is 10.1. The molecule has 2 aromatic carbocycles. The smallest absolute Gasteiger partial charge is 0.274 e. The number of hydrogen-bond acceptors (Lipinski definition) is 3. The summed E-state index contributed by atoms with van der Waals surface area (Å²) in [6, 6.07) is 16.4. The molecule has 6 heteroatoms. The van der Waals surface area contributed by atoms with Crippen LogP contribution in [0.3, 0.4) is 0 Å². The number of benzene rings is 2. The summed E-state index contributed by atoms with van der Waals surface area (Å²) >= 11 is 0. The van der Waals surface area contributed by atoms with Gasteiger partial charge in [0.05, 0.1) is 24.6 Å². The van der Waals surface area contributed by atoms with Gasteiger partial charge in [0.1, 0.15) is 5.82 Å². The number of carbonyl (C=O) groups is 1. The quantitative estimate of drug-likeness (QED) is 0.665. The van der Waals surface area contributed by atoms with Crippen molar-refractivity contribution in [2.45, 2.75) is 12.8 Å². The minimum Gasteiger partial charge on any atom is -0.378 e. The van der Waals surface area contributed by atoms with Crippen LogP contribution in [0.1, 0.15) is 33.7 Å². The second-order valence-corrected chi connectivity index (χ2v) is 7.55. The van der Waals surface area contributed by atoms with E-state index < -0.39 is 0 Å². The Kier molecular flexibility index (Phi) is 4.93. The van der Waals surface area contributed by atoms with Crippen LogP contribution in [0.25, 0.3) is 17.3 Å². The Hall–Kier alpha value is -3.25. The van der Waals surface area contributed by atoms with Gasteiger partial charge in [-0.1, -0.05) is 30.3 Å². The number of hydrogen-bond donors (Lipinski definition) is 0. The van der Waals surface area contributed by atoms with E-state index in [1.165, 1.54) is 12.1 Å². The topological polar surface area (TPSA) is 47.4 Å². The Bertz CT molecular complexity index is 1100. The lowest BCUT2D eigenvalue weighted by molar-refractivity contribution is 0.0298. The van der Waals surface area contributed by atoms with Crippen LogP contribution >= 0.6 is 0 Å². The maximum Gasteiger partial charge on any atom is 0.274 e. The molecule has 3 aromatic rings. The average molecular weight is 403 g/mol. The number of allylic oxidation sites excluding steroid dienone is 1. The van der Waals surface area contributed by atoms with Crippen LogP contribution in [0.4, 0.5) is 4.39 Å². The largest absolute Gasteiger partial charge is 0.378 e. The monoisotopic (exact) mass is 403 g/mol. The SMILES string of the molecule is O=C(c1nn(-c2ccc(F)cc2)c2c1CC/C2=C/c1ccccc1)N1CCOCC1. The molecule has 2 aliphatic rings. The van der Waals surface area contributed by atoms with Crippen molar-refractivity contribution in [2.75, 3.05) is 26.3 Å². The van der Waals surface area contributed by atoms with E-state index in [-0.39, 0.29) is 11.7 Å². The first-order valence-electron chi connectivity index (χ1n) is 10.2. The molecule has 0 saturated carbocycles. The molecule has 2 heterocycles. The van der Waals surface area contributed by atoms with Gasteiger partial charge in [-0.2, -0.15) is 5.10 Å². The molecule has 1 saturated heterocycles. The summed E-state index contributed by atoms with van der Waals surface area (Å²) in [5.74, 6) is -0.358. The molecule has 1 aliphatic heterocycles. The molecule has 5 rings (SSSR count). The first-order chi connectivity index (χ1) is 14.7. The van der Waals surface area contributed by atoms with Crippen LogP contribution in [0.5, 0.6) is 0 Å². The Morgan fingerprint density at radius 2 is 1.73 bits per heavy atom. The fourth-order valence-corrected chi connectivity index (χ4v) is 4.14. The number of nitrogens with zero attached hydrogens (tertiary/aromatic N) is 3. The van der Waals surface area contributed by atoms with Crippen molar-refractivity contribution < 1.29 is 13.9 Å². The number of fused-ring (bicyclic) bond motifs is 1. The molecule has 30 heavy (non-hydrogen) atoms. The highest BCUT2D eigenvalue weighted by molar-refractivity contribution is 5.97. The zero-order chi connectivity index (χ0) is 20.5. The third kappa shape index (κ3) is 3.44. The normalized spacial score (nSPS) is 17.4. The van der Waals surface area contributed by atoms with E-state index in [4.69, 9.17) is 9.84 Å². The van der Waals surface area contributed by atoms with Crippen LogP contribution in [0.15, 0.2) is 54.6 Å². The Balaban J connectivity index is 1.62. The van der Waals surface area contributed by atoms with Crippen molar-refractivity contribution >= 4 is 17.6 Å². The fourth-order valence-electron chi connectivity index (χ4n) is 4.14. The van der Waals surface area contributed by atoms with Crippen LogP contribution < -0.4 is 0 Å². The highest BCUT2D eigenvalue weighted by Crippen LogP contribution is 2.37. The minimum absolute atomic E-state index is 0.0589. The summed E-state index contributed by atoms with van der Waals surface area (Å²) in [6.45, 7) is 2.24. The number of rotatable bonds is 3. The summed E-state index contributed by atoms with van der Waals surface area (Å²) in [7, 11) is 0. The maximum absolute atomic E-state index is 13.5. The van der Waals surface area contributed by atoms with Gasteiger partial charge in [-0.25, -0.2) is 9.07 Å². The molecular formula is C24H22FN3O2. The predicted molar refractivity (Wildman–Crippen MR) is 113 cm³/mol. The Labute approximate surface area is 174 Å². The first kappa shape index (κ1) is 18.8. The van der Waals surface area contributed by atoms with Gasteiger partial charge in [-0.05, 0) is 54.3 Å². The average Bonchev–Trinajstić information content (AvgIpc) is 3.36. The highest BCUT2D eigenvalue weighted by atomic mass is 19.1. The third-order valence-corrected chi connectivity index (χ3v) is 5.64. The molecule has 1 fully saturated rings. The summed E-state index contributed by atoms with van der Waals surface area (Å²) in [5.41, 5.74) is 5.39. The number of morpholine rings is 1. The van der Waals surface area contributed by atoms with Crippen molar-refractivity contribution in [2.24, 2.45) is 0 Å². The fraction of sp³-hybridized carbons (Fsp3) is 0.250. The van der Waals surface area contributed by atoms with E-state index in [0.717, 1.165) is 40.9 Å². The van der Waals surface area contributed by atoms with E-state index in [9.17, 15) is 9.18 Å². The summed E-state index contributed by atoms with van der Waals surface area (Å²) < 4.78 is 20.7. The first-order valence-corrected chi connectivity index (χ1v) is 10.2. The van der Waals surface area contributed by atoms with Crippen molar-refractivity contribution in [3.05, 3.63) is 82.9 Å². The second-order valence-electron chi connectivity index (χ2n) is 7.55. The van der Waals surface area contributed by atoms with Gasteiger partial charge in [0.2, 0.25) is 0 Å². The number of halogens is 1. The van der Waals surface area contributed by atoms with Gasteiger partial charge >= 0.3 is 0 Å². The molecule has 1 aromatic heterocycles. The zero-order valence-electron chi connectivity index (χ0n) is 16.6. The van der Waals surface area contributed by atoms with Crippen molar-refractivity contribution in [3.63, 3.8) is 0 Å². The van der Waals surface area contributed by atoms with Gasteiger partial charge < -0.3 is 9.64 Å². The molecule has 0 atom stereocenters. The molecular weight excluding hydrogens is 381 g/mol. The number of ether oxygens (including phenoxy) is 1. The number of aromatic nitrogens is 2. The van der Waals surface area contributed by atoms with Crippen LogP contribution in [-0.4, -0.2) is 46.9 Å². The second kappa shape index (κ2) is 7.88. The van der Waals surface area contributed by atoms with Crippen molar-refractivity contribution in [3.8, 4) is 5.69 Å². The van der Waals surface area contributed by atoms with Crippen molar-refractivity contribution in [1.29, 1.82) is 0 Å². The third-order valence-electron chi connectivity index (χ3n) is 5.64. The van der Waals surface area contributed by atoms with E-state index in [0.29, 0.717) is 32.0 Å². The molecule has 152 valence electrons. The highest BCUT2D eigenvalue weighted by Gasteiger charge is 2.32. The van der Waals surface area contributed by atoms with Gasteiger partial charge in [-0.3, -0.25) is 4.79 Å². The molecule has 0 unspecified atom stereocenters. The van der Waals surface area contributed by atoms with Gasteiger partial charge in [0, 0.05) is 18.7 Å². The molecule has 0 spiro atoms. The summed E-state index contributed by atoms with van der Waals surface area (Å²) in [6.07, 6.45) is 3.75. The van der Waals surface area contributed by atoms with E-state index in [2.05, 4.69) is 18.2 Å². The Morgan fingerprint density at radius 3 is 2.47 bits per heavy atom. The number of amides is 1. The molecule has 0 bridgehead atoms. The van der Waals surface area contributed by atoms with Gasteiger partial charge in [0.15, 0.2) is 5.69 Å².